The molecule has 1 heterocycles. The number of aromatic nitrogens is 1. The van der Waals surface area contributed by atoms with Crippen LogP contribution in [0.2, 0.25) is 0 Å². The number of urea groups is 1. The normalized spacial score (nSPS) is 22.1. The Morgan fingerprint density at radius 2 is 2.15 bits per heavy atom. The van der Waals surface area contributed by atoms with Gasteiger partial charge in [-0.05, 0) is 37.8 Å². The van der Waals surface area contributed by atoms with E-state index in [4.69, 9.17) is 5.11 Å². The lowest BCUT2D eigenvalue weighted by Gasteiger charge is -2.27. The molecule has 1 aliphatic carbocycles. The molecule has 20 heavy (non-hydrogen) atoms. The Labute approximate surface area is 117 Å². The number of amides is 2. The second-order valence-corrected chi connectivity index (χ2v) is 5.25. The molecule has 2 unspecified atom stereocenters. The highest BCUT2D eigenvalue weighted by Crippen LogP contribution is 2.24. The van der Waals surface area contributed by atoms with Crippen molar-refractivity contribution in [3.63, 3.8) is 0 Å². The molecule has 0 spiro atoms. The first-order valence-corrected chi connectivity index (χ1v) is 6.76. The minimum Gasteiger partial charge on any atom is -0.481 e. The highest BCUT2D eigenvalue weighted by Gasteiger charge is 2.27. The van der Waals surface area contributed by atoms with Crippen LogP contribution in [0.15, 0.2) is 18.5 Å². The molecule has 6 heteroatoms. The van der Waals surface area contributed by atoms with Crippen LogP contribution in [0.4, 0.5) is 10.5 Å². The Morgan fingerprint density at radius 1 is 1.35 bits per heavy atom. The summed E-state index contributed by atoms with van der Waals surface area (Å²) in [5, 5.41) is 14.6. The van der Waals surface area contributed by atoms with Gasteiger partial charge in [0.05, 0.1) is 17.8 Å². The van der Waals surface area contributed by atoms with E-state index in [1.165, 1.54) is 0 Å². The standard InChI is InChI=1S/C14H19N3O3/c1-9-5-12(8-15-7-9)17-14(20)16-11-4-2-3-10(6-11)13(18)19/h5,7-8,10-11H,2-4,6H2,1H3,(H,18,19)(H2,16,17,20). The minimum absolute atomic E-state index is 0.0809. The monoisotopic (exact) mass is 277 g/mol. The molecule has 2 rings (SSSR count). The number of pyridine rings is 1. The number of anilines is 1. The number of carbonyl (C=O) groups is 2. The van der Waals surface area contributed by atoms with Crippen LogP contribution in [0.1, 0.15) is 31.2 Å². The lowest BCUT2D eigenvalue weighted by atomic mass is 9.86. The Kier molecular flexibility index (Phi) is 4.55. The average Bonchev–Trinajstić information content (AvgIpc) is 2.38. The van der Waals surface area contributed by atoms with E-state index in [1.807, 2.05) is 13.0 Å². The molecule has 3 N–H and O–H groups in total. The van der Waals surface area contributed by atoms with Crippen LogP contribution in [0, 0.1) is 12.8 Å². The molecular weight excluding hydrogens is 258 g/mol. The number of aliphatic carboxylic acids is 1. The van der Waals surface area contributed by atoms with Crippen molar-refractivity contribution >= 4 is 17.7 Å². The van der Waals surface area contributed by atoms with Gasteiger partial charge in [-0.2, -0.15) is 0 Å². The number of aryl methyl sites for hydroxylation is 1. The number of carboxylic acid groups (broad SMARTS) is 1. The third-order valence-corrected chi connectivity index (χ3v) is 3.49. The van der Waals surface area contributed by atoms with Crippen molar-refractivity contribution in [2.24, 2.45) is 5.92 Å². The molecule has 1 aromatic rings. The molecule has 1 aromatic heterocycles. The number of carbonyl (C=O) groups excluding carboxylic acids is 1. The fourth-order valence-electron chi connectivity index (χ4n) is 2.52. The topological polar surface area (TPSA) is 91.3 Å². The summed E-state index contributed by atoms with van der Waals surface area (Å²) in [5.41, 5.74) is 1.60. The van der Waals surface area contributed by atoms with Gasteiger partial charge in [-0.1, -0.05) is 6.42 Å². The summed E-state index contributed by atoms with van der Waals surface area (Å²) >= 11 is 0. The van der Waals surface area contributed by atoms with E-state index in [0.717, 1.165) is 18.4 Å². The van der Waals surface area contributed by atoms with Crippen LogP contribution in [-0.4, -0.2) is 28.1 Å². The van der Waals surface area contributed by atoms with E-state index in [2.05, 4.69) is 15.6 Å². The third kappa shape index (κ3) is 3.94. The lowest BCUT2D eigenvalue weighted by Crippen LogP contribution is -2.42. The smallest absolute Gasteiger partial charge is 0.319 e. The van der Waals surface area contributed by atoms with Gasteiger partial charge in [-0.25, -0.2) is 4.79 Å². The molecule has 2 amide bonds. The Morgan fingerprint density at radius 3 is 2.85 bits per heavy atom. The summed E-state index contributed by atoms with van der Waals surface area (Å²) in [5.74, 6) is -1.13. The van der Waals surface area contributed by atoms with Gasteiger partial charge in [0, 0.05) is 12.2 Å². The lowest BCUT2D eigenvalue weighted by molar-refractivity contribution is -0.143. The predicted molar refractivity (Wildman–Crippen MR) is 74.5 cm³/mol. The molecule has 108 valence electrons. The SMILES string of the molecule is Cc1cncc(NC(=O)NC2CCCC(C(=O)O)C2)c1. The molecule has 1 saturated carbocycles. The van der Waals surface area contributed by atoms with Crippen molar-refractivity contribution in [3.8, 4) is 0 Å². The van der Waals surface area contributed by atoms with Crippen molar-refractivity contribution in [2.45, 2.75) is 38.6 Å². The minimum atomic E-state index is -0.778. The molecule has 1 aliphatic rings. The van der Waals surface area contributed by atoms with E-state index >= 15 is 0 Å². The van der Waals surface area contributed by atoms with Gasteiger partial charge in [-0.15, -0.1) is 0 Å². The van der Waals surface area contributed by atoms with E-state index in [0.29, 0.717) is 18.5 Å². The van der Waals surface area contributed by atoms with Crippen LogP contribution in [0.25, 0.3) is 0 Å². The van der Waals surface area contributed by atoms with Crippen molar-refractivity contribution < 1.29 is 14.7 Å². The summed E-state index contributed by atoms with van der Waals surface area (Å²) in [6, 6.07) is 1.43. The van der Waals surface area contributed by atoms with Gasteiger partial charge in [-0.3, -0.25) is 9.78 Å². The first kappa shape index (κ1) is 14.3. The highest BCUT2D eigenvalue weighted by molar-refractivity contribution is 5.89. The summed E-state index contributed by atoms with van der Waals surface area (Å²) in [4.78, 5) is 26.8. The Balaban J connectivity index is 1.86. The van der Waals surface area contributed by atoms with Gasteiger partial charge in [0.25, 0.3) is 0 Å². The average molecular weight is 277 g/mol. The van der Waals surface area contributed by atoms with E-state index < -0.39 is 5.97 Å². The maximum atomic E-state index is 11.9. The maximum Gasteiger partial charge on any atom is 0.319 e. The van der Waals surface area contributed by atoms with Gasteiger partial charge in [0.2, 0.25) is 0 Å². The van der Waals surface area contributed by atoms with Gasteiger partial charge in [0.1, 0.15) is 0 Å². The van der Waals surface area contributed by atoms with Crippen LogP contribution in [0.3, 0.4) is 0 Å². The highest BCUT2D eigenvalue weighted by atomic mass is 16.4. The molecule has 0 saturated heterocycles. The summed E-state index contributed by atoms with van der Waals surface area (Å²) in [7, 11) is 0. The van der Waals surface area contributed by atoms with Crippen LogP contribution in [0.5, 0.6) is 0 Å². The van der Waals surface area contributed by atoms with Crippen LogP contribution < -0.4 is 10.6 Å². The van der Waals surface area contributed by atoms with Gasteiger partial charge < -0.3 is 15.7 Å². The molecule has 0 aliphatic heterocycles. The second kappa shape index (κ2) is 6.36. The van der Waals surface area contributed by atoms with E-state index in [1.54, 1.807) is 12.4 Å². The van der Waals surface area contributed by atoms with E-state index in [-0.39, 0.29) is 18.0 Å². The fraction of sp³-hybridized carbons (Fsp3) is 0.500. The summed E-state index contributed by atoms with van der Waals surface area (Å²) < 4.78 is 0. The molecule has 6 nitrogen and oxygen atoms in total. The largest absolute Gasteiger partial charge is 0.481 e. The number of rotatable bonds is 3. The predicted octanol–water partition coefficient (Wildman–Crippen LogP) is 2.15. The zero-order valence-electron chi connectivity index (χ0n) is 11.4. The van der Waals surface area contributed by atoms with Crippen molar-refractivity contribution in [1.29, 1.82) is 0 Å². The van der Waals surface area contributed by atoms with Crippen molar-refractivity contribution in [2.75, 3.05) is 5.32 Å². The summed E-state index contributed by atoms with van der Waals surface area (Å²) in [6.45, 7) is 1.90. The molecule has 0 radical (unpaired) electrons. The molecule has 0 bridgehead atoms. The number of hydrogen-bond donors (Lipinski definition) is 3. The fourth-order valence-corrected chi connectivity index (χ4v) is 2.52. The summed E-state index contributed by atoms with van der Waals surface area (Å²) in [6.07, 6.45) is 6.12. The second-order valence-electron chi connectivity index (χ2n) is 5.25. The maximum absolute atomic E-state index is 11.9. The molecule has 0 aromatic carbocycles. The number of carboxylic acids is 1. The van der Waals surface area contributed by atoms with E-state index in [9.17, 15) is 9.59 Å². The number of hydrogen-bond acceptors (Lipinski definition) is 3. The van der Waals surface area contributed by atoms with Crippen molar-refractivity contribution in [1.82, 2.24) is 10.3 Å². The first-order valence-electron chi connectivity index (χ1n) is 6.76. The molecule has 1 fully saturated rings. The zero-order valence-corrected chi connectivity index (χ0v) is 11.4. The van der Waals surface area contributed by atoms with Crippen LogP contribution >= 0.6 is 0 Å². The van der Waals surface area contributed by atoms with Crippen LogP contribution in [-0.2, 0) is 4.79 Å². The zero-order chi connectivity index (χ0) is 14.5. The first-order chi connectivity index (χ1) is 9.54. The van der Waals surface area contributed by atoms with Gasteiger partial charge in [0.15, 0.2) is 0 Å². The van der Waals surface area contributed by atoms with Crippen molar-refractivity contribution in [3.05, 3.63) is 24.0 Å². The van der Waals surface area contributed by atoms with Gasteiger partial charge >= 0.3 is 12.0 Å². The number of nitrogens with one attached hydrogen (secondary N) is 2. The quantitative estimate of drug-likeness (QED) is 0.789. The molecule has 2 atom stereocenters. The molecular formula is C14H19N3O3. The number of nitrogens with zero attached hydrogens (tertiary/aromatic N) is 1. The Hall–Kier alpha value is -2.11. The third-order valence-electron chi connectivity index (χ3n) is 3.49. The Bertz CT molecular complexity index is 504.